The molecule has 0 saturated carbocycles. The van der Waals surface area contributed by atoms with E-state index >= 15 is 0 Å². The van der Waals surface area contributed by atoms with Gasteiger partial charge in [-0.2, -0.15) is 14.2 Å². The first-order valence-electron chi connectivity index (χ1n) is 3.22. The second-order valence-electron chi connectivity index (χ2n) is 1.63. The molecule has 12 heavy (non-hydrogen) atoms. The van der Waals surface area contributed by atoms with E-state index in [0.29, 0.717) is 0 Å². The Morgan fingerprint density at radius 3 is 1.75 bits per heavy atom. The van der Waals surface area contributed by atoms with Gasteiger partial charge in [0.05, 0.1) is 0 Å². The van der Waals surface area contributed by atoms with Gasteiger partial charge in [0.2, 0.25) is 0 Å². The van der Waals surface area contributed by atoms with Crippen molar-refractivity contribution in [3.63, 3.8) is 0 Å². The molecular weight excluding hydrogens is 169 g/mol. The Hall–Kier alpha value is -0.528. The third-order valence-electron chi connectivity index (χ3n) is 0.996. The van der Waals surface area contributed by atoms with Crippen molar-refractivity contribution in [2.75, 3.05) is 20.0 Å². The van der Waals surface area contributed by atoms with Gasteiger partial charge < -0.3 is 10.2 Å². The molecule has 0 amide bonds. The normalized spacial score (nSPS) is 7.17. The number of hydrogen-bond acceptors (Lipinski definition) is 3. The van der Waals surface area contributed by atoms with Gasteiger partial charge in [-0.25, -0.2) is 0 Å². The van der Waals surface area contributed by atoms with Crippen LogP contribution in [0, 0.1) is 0 Å². The van der Waals surface area contributed by atoms with Gasteiger partial charge in [-0.1, -0.05) is 0 Å². The van der Waals surface area contributed by atoms with E-state index in [-0.39, 0.29) is 0 Å². The third kappa shape index (κ3) is 6.20. The molecule has 0 aliphatic rings. The molecule has 0 aromatic heterocycles. The number of benzene rings is 1. The van der Waals surface area contributed by atoms with Gasteiger partial charge >= 0.3 is 56.4 Å². The van der Waals surface area contributed by atoms with E-state index < -0.39 is 0 Å². The molecular formula is C8H12AlNO2. The molecule has 0 heterocycles. The van der Waals surface area contributed by atoms with E-state index in [1.807, 2.05) is 24.3 Å². The van der Waals surface area contributed by atoms with Crippen LogP contribution in [0.2, 0.25) is 0 Å². The molecule has 1 aromatic carbocycles. The average molecular weight is 181 g/mol. The predicted molar refractivity (Wildman–Crippen MR) is 48.1 cm³/mol. The fraction of sp³-hybridized carbons (Fsp3) is 0.250. The first-order chi connectivity index (χ1) is 5.80. The SMILES string of the molecule is C[O-].C[O-].Nc1cccc[c]1[Al+2]. The Morgan fingerprint density at radius 1 is 1.08 bits per heavy atom. The average Bonchev–Trinajstić information content (AvgIpc) is 2.17. The zero-order valence-electron chi connectivity index (χ0n) is 7.28. The molecule has 0 fully saturated rings. The molecule has 4 heteroatoms. The first-order valence-corrected chi connectivity index (χ1v) is 3.80. The maximum absolute atomic E-state index is 8.25. The van der Waals surface area contributed by atoms with E-state index in [2.05, 4.69) is 16.3 Å². The van der Waals surface area contributed by atoms with Crippen molar-refractivity contribution in [3.05, 3.63) is 24.3 Å². The Morgan fingerprint density at radius 2 is 1.50 bits per heavy atom. The number of hydrogen-bond donors (Lipinski definition) is 1. The van der Waals surface area contributed by atoms with E-state index in [0.717, 1.165) is 24.3 Å². The number of rotatable bonds is 0. The number of nitrogen functional groups attached to an aromatic ring is 1. The molecule has 0 bridgehead atoms. The Balaban J connectivity index is 0. The molecule has 0 aliphatic heterocycles. The van der Waals surface area contributed by atoms with Crippen molar-refractivity contribution in [1.82, 2.24) is 0 Å². The summed E-state index contributed by atoms with van der Waals surface area (Å²) in [5.41, 5.74) is 6.33. The monoisotopic (exact) mass is 181 g/mol. The summed E-state index contributed by atoms with van der Waals surface area (Å²) in [5.74, 6) is 0. The fourth-order valence-electron chi connectivity index (χ4n) is 0.511. The van der Waals surface area contributed by atoms with Crippen LogP contribution < -0.4 is 20.4 Å². The molecule has 0 aliphatic carbocycles. The Bertz CT molecular complexity index is 173. The summed E-state index contributed by atoms with van der Waals surface area (Å²) in [6, 6.07) is 7.71. The summed E-state index contributed by atoms with van der Waals surface area (Å²) < 4.78 is 1.06. The molecule has 64 valence electrons. The van der Waals surface area contributed by atoms with Gasteiger partial charge in [0.1, 0.15) is 0 Å². The van der Waals surface area contributed by atoms with Crippen LogP contribution >= 0.6 is 0 Å². The molecule has 0 unspecified atom stereocenters. The van der Waals surface area contributed by atoms with E-state index in [1.165, 1.54) is 0 Å². The Labute approximate surface area is 81.3 Å². The second-order valence-corrected chi connectivity index (χ2v) is 2.25. The molecule has 1 rings (SSSR count). The number of nitrogens with two attached hydrogens (primary N) is 1. The molecule has 0 saturated heterocycles. The van der Waals surface area contributed by atoms with Gasteiger partial charge in [-0.3, -0.25) is 0 Å². The van der Waals surface area contributed by atoms with Crippen LogP contribution in [0.15, 0.2) is 24.3 Å². The summed E-state index contributed by atoms with van der Waals surface area (Å²) in [5, 5.41) is 16.5. The molecule has 0 radical (unpaired) electrons. The fourth-order valence-corrected chi connectivity index (χ4v) is 0.718. The molecule has 2 N–H and O–H groups in total. The van der Waals surface area contributed by atoms with Gasteiger partial charge in [0, 0.05) is 0 Å². The van der Waals surface area contributed by atoms with Crippen molar-refractivity contribution in [1.29, 1.82) is 0 Å². The van der Waals surface area contributed by atoms with Gasteiger partial charge in [-0.05, 0) is 0 Å². The van der Waals surface area contributed by atoms with Crippen LogP contribution in [0.5, 0.6) is 0 Å². The van der Waals surface area contributed by atoms with Crippen LogP contribution in [0.3, 0.4) is 0 Å². The minimum atomic E-state index is 0.750. The minimum absolute atomic E-state index is 0.750. The predicted octanol–water partition coefficient (Wildman–Crippen LogP) is -1.98. The van der Waals surface area contributed by atoms with E-state index in [1.54, 1.807) is 0 Å². The first kappa shape index (κ1) is 14.0. The van der Waals surface area contributed by atoms with Gasteiger partial charge in [0.25, 0.3) is 0 Å². The van der Waals surface area contributed by atoms with Crippen molar-refractivity contribution >= 4 is 26.4 Å². The summed E-state index contributed by atoms with van der Waals surface area (Å²) in [7, 11) is 1.50. The molecule has 3 nitrogen and oxygen atoms in total. The van der Waals surface area contributed by atoms with Crippen molar-refractivity contribution in [2.24, 2.45) is 0 Å². The summed E-state index contributed by atoms with van der Waals surface area (Å²) in [6.07, 6.45) is 0. The number of anilines is 1. The van der Waals surface area contributed by atoms with E-state index in [9.17, 15) is 0 Å². The topological polar surface area (TPSA) is 72.1 Å². The summed E-state index contributed by atoms with van der Waals surface area (Å²) in [4.78, 5) is 0. The number of para-hydroxylation sites is 1. The van der Waals surface area contributed by atoms with Crippen LogP contribution in [-0.4, -0.2) is 30.5 Å². The summed E-state index contributed by atoms with van der Waals surface area (Å²) in [6.45, 7) is 0. The van der Waals surface area contributed by atoms with Gasteiger partial charge in [-0.15, -0.1) is 0 Å². The van der Waals surface area contributed by atoms with Crippen LogP contribution in [0.25, 0.3) is 0 Å². The van der Waals surface area contributed by atoms with Crippen LogP contribution in [-0.2, 0) is 0 Å². The summed E-state index contributed by atoms with van der Waals surface area (Å²) >= 11 is 2.56. The van der Waals surface area contributed by atoms with Crippen molar-refractivity contribution < 1.29 is 10.2 Å². The standard InChI is InChI=1S/C6H6N.2CH3O.Al/c7-6-4-2-1-3-5-6;2*1-2;/h1-4H,7H2;2*1H3;/q;2*-1;+2. The van der Waals surface area contributed by atoms with E-state index in [4.69, 9.17) is 15.9 Å². The quantitative estimate of drug-likeness (QED) is 0.372. The molecule has 1 aromatic rings. The Kier molecular flexibility index (Phi) is 12.2. The second kappa shape index (κ2) is 10.5. The van der Waals surface area contributed by atoms with Crippen molar-refractivity contribution in [3.8, 4) is 0 Å². The maximum atomic E-state index is 8.25. The van der Waals surface area contributed by atoms with Crippen LogP contribution in [0.4, 0.5) is 5.69 Å². The molecule has 0 spiro atoms. The zero-order chi connectivity index (χ0) is 9.98. The third-order valence-corrected chi connectivity index (χ3v) is 1.52. The zero-order valence-corrected chi connectivity index (χ0v) is 8.44. The molecule has 0 atom stereocenters. The van der Waals surface area contributed by atoms with Crippen LogP contribution in [0.1, 0.15) is 0 Å². The van der Waals surface area contributed by atoms with Gasteiger partial charge in [0.15, 0.2) is 0 Å². The van der Waals surface area contributed by atoms with Crippen molar-refractivity contribution in [2.45, 2.75) is 0 Å².